The number of rotatable bonds is 47. The Kier molecular flexibility index (Phi) is 44.2. The monoisotopic (exact) mass is 849 g/mol. The molecule has 0 aromatic carbocycles. The Labute approximate surface area is 374 Å². The molecule has 356 valence electrons. The van der Waals surface area contributed by atoms with Gasteiger partial charge in [-0.25, -0.2) is 0 Å². The van der Waals surface area contributed by atoms with Crippen molar-refractivity contribution < 1.29 is 28.6 Å². The van der Waals surface area contributed by atoms with Crippen molar-refractivity contribution in [2.24, 2.45) is 17.8 Å². The first-order valence-electron chi connectivity index (χ1n) is 26.6. The van der Waals surface area contributed by atoms with Gasteiger partial charge in [0.25, 0.3) is 0 Å². The second-order valence-corrected chi connectivity index (χ2v) is 19.7. The molecule has 6 heteroatoms. The summed E-state index contributed by atoms with van der Waals surface area (Å²) in [6, 6.07) is 0. The van der Waals surface area contributed by atoms with Gasteiger partial charge in [-0.05, 0) is 37.0 Å². The smallest absolute Gasteiger partial charge is 0.306 e. The van der Waals surface area contributed by atoms with Crippen molar-refractivity contribution in [2.45, 2.75) is 298 Å². The van der Waals surface area contributed by atoms with Gasteiger partial charge < -0.3 is 14.2 Å². The molecule has 0 N–H and O–H groups in total. The summed E-state index contributed by atoms with van der Waals surface area (Å²) >= 11 is 0. The highest BCUT2D eigenvalue weighted by Crippen LogP contribution is 2.18. The molecule has 0 aliphatic carbocycles. The lowest BCUT2D eigenvalue weighted by atomic mass is 9.99. The molecule has 0 radical (unpaired) electrons. The van der Waals surface area contributed by atoms with Gasteiger partial charge in [0.2, 0.25) is 0 Å². The minimum atomic E-state index is -0.763. The zero-order valence-corrected chi connectivity index (χ0v) is 41.3. The molecule has 60 heavy (non-hydrogen) atoms. The van der Waals surface area contributed by atoms with Crippen LogP contribution < -0.4 is 0 Å². The normalized spacial score (nSPS) is 12.6. The van der Waals surface area contributed by atoms with Crippen LogP contribution in [0.25, 0.3) is 0 Å². The third-order valence-electron chi connectivity index (χ3n) is 12.5. The van der Waals surface area contributed by atoms with Gasteiger partial charge in [0.1, 0.15) is 13.2 Å². The highest BCUT2D eigenvalue weighted by molar-refractivity contribution is 5.71. The second-order valence-electron chi connectivity index (χ2n) is 19.7. The number of esters is 3. The van der Waals surface area contributed by atoms with E-state index in [0.29, 0.717) is 19.3 Å². The third-order valence-corrected chi connectivity index (χ3v) is 12.5. The average molecular weight is 849 g/mol. The molecule has 0 spiro atoms. The van der Waals surface area contributed by atoms with Crippen LogP contribution in [-0.2, 0) is 28.6 Å². The highest BCUT2D eigenvalue weighted by atomic mass is 16.6. The molecule has 0 fully saturated rings. The fourth-order valence-corrected chi connectivity index (χ4v) is 8.08. The molecular formula is C54H104O6. The number of carbonyl (C=O) groups is 3. The number of ether oxygens (including phenoxy) is 3. The van der Waals surface area contributed by atoms with Crippen LogP contribution in [0.5, 0.6) is 0 Å². The van der Waals surface area contributed by atoms with Gasteiger partial charge in [-0.1, -0.05) is 253 Å². The van der Waals surface area contributed by atoms with Crippen molar-refractivity contribution >= 4 is 17.9 Å². The first-order chi connectivity index (χ1) is 29.1. The molecule has 0 rings (SSSR count). The number of unbranched alkanes of at least 4 members (excludes halogenated alkanes) is 29. The van der Waals surface area contributed by atoms with E-state index in [1.807, 2.05) is 0 Å². The Morgan fingerprint density at radius 1 is 0.333 bits per heavy atom. The molecule has 0 amide bonds. The van der Waals surface area contributed by atoms with Crippen LogP contribution >= 0.6 is 0 Å². The van der Waals surface area contributed by atoms with E-state index in [1.54, 1.807) is 0 Å². The van der Waals surface area contributed by atoms with Crippen molar-refractivity contribution in [1.29, 1.82) is 0 Å². The Morgan fingerprint density at radius 3 is 0.867 bits per heavy atom. The van der Waals surface area contributed by atoms with Gasteiger partial charge in [-0.2, -0.15) is 0 Å². The Bertz CT molecular complexity index is 931. The average Bonchev–Trinajstić information content (AvgIpc) is 3.22. The lowest BCUT2D eigenvalue weighted by Gasteiger charge is -2.18. The van der Waals surface area contributed by atoms with Crippen LogP contribution in [0.1, 0.15) is 292 Å². The van der Waals surface area contributed by atoms with E-state index in [9.17, 15) is 14.4 Å². The van der Waals surface area contributed by atoms with Crippen LogP contribution in [0.2, 0.25) is 0 Å². The minimum absolute atomic E-state index is 0.0660. The number of hydrogen-bond acceptors (Lipinski definition) is 6. The molecule has 0 saturated heterocycles. The third kappa shape index (κ3) is 45.9. The van der Waals surface area contributed by atoms with Crippen LogP contribution in [0, 0.1) is 17.8 Å². The molecule has 0 bridgehead atoms. The van der Waals surface area contributed by atoms with Crippen LogP contribution in [-0.4, -0.2) is 37.2 Å². The summed E-state index contributed by atoms with van der Waals surface area (Å²) in [6.07, 6.45) is 45.4. The first kappa shape index (κ1) is 58.4. The summed E-state index contributed by atoms with van der Waals surface area (Å²) in [5, 5.41) is 0. The van der Waals surface area contributed by atoms with E-state index in [0.717, 1.165) is 75.5 Å². The van der Waals surface area contributed by atoms with Gasteiger partial charge in [0, 0.05) is 19.3 Å². The van der Waals surface area contributed by atoms with Gasteiger partial charge in [0.15, 0.2) is 6.10 Å². The molecule has 2 atom stereocenters. The maximum absolute atomic E-state index is 12.8. The van der Waals surface area contributed by atoms with Crippen LogP contribution in [0.4, 0.5) is 0 Å². The minimum Gasteiger partial charge on any atom is -0.462 e. The van der Waals surface area contributed by atoms with Gasteiger partial charge in [0.05, 0.1) is 0 Å². The summed E-state index contributed by atoms with van der Waals surface area (Å²) in [4.78, 5) is 37.9. The van der Waals surface area contributed by atoms with Crippen LogP contribution in [0.3, 0.4) is 0 Å². The van der Waals surface area contributed by atoms with Crippen molar-refractivity contribution in [3.05, 3.63) is 0 Å². The molecule has 0 aromatic rings. The molecule has 6 nitrogen and oxygen atoms in total. The molecule has 0 aliphatic rings. The fourth-order valence-electron chi connectivity index (χ4n) is 8.08. The van der Waals surface area contributed by atoms with Crippen molar-refractivity contribution in [1.82, 2.24) is 0 Å². The Balaban J connectivity index is 4.18. The molecule has 1 unspecified atom stereocenters. The maximum Gasteiger partial charge on any atom is 0.306 e. The highest BCUT2D eigenvalue weighted by Gasteiger charge is 2.19. The fraction of sp³-hybridized carbons (Fsp3) is 0.944. The van der Waals surface area contributed by atoms with Crippen molar-refractivity contribution in [3.8, 4) is 0 Å². The summed E-state index contributed by atoms with van der Waals surface area (Å²) in [5.74, 6) is 1.61. The van der Waals surface area contributed by atoms with E-state index >= 15 is 0 Å². The Morgan fingerprint density at radius 2 is 0.583 bits per heavy atom. The summed E-state index contributed by atoms with van der Waals surface area (Å²) < 4.78 is 16.8. The zero-order chi connectivity index (χ0) is 44.2. The molecule has 0 saturated carbocycles. The molecule has 0 aromatic heterocycles. The lowest BCUT2D eigenvalue weighted by Crippen LogP contribution is -2.30. The molecule has 0 heterocycles. The van der Waals surface area contributed by atoms with Gasteiger partial charge in [-0.3, -0.25) is 14.4 Å². The van der Waals surface area contributed by atoms with E-state index in [1.165, 1.54) is 173 Å². The second kappa shape index (κ2) is 45.4. The van der Waals surface area contributed by atoms with E-state index in [4.69, 9.17) is 14.2 Å². The summed E-state index contributed by atoms with van der Waals surface area (Å²) in [7, 11) is 0. The van der Waals surface area contributed by atoms with E-state index < -0.39 is 6.10 Å². The predicted octanol–water partition coefficient (Wildman–Crippen LogP) is 17.2. The standard InChI is InChI=1S/C54H104O6/c1-7-50(6)42-36-30-23-18-16-14-12-10-8-9-11-13-15-17-19-25-33-39-45-54(57)60-51(47-59-53(56)44-38-32-27-26-29-35-41-49(4)5)46-58-52(55)43-37-31-24-21-20-22-28-34-40-48(2)3/h48-51H,7-47H2,1-6H3/t50?,51-/m1/s1. The number of hydrogen-bond donors (Lipinski definition) is 0. The predicted molar refractivity (Wildman–Crippen MR) is 256 cm³/mol. The number of carbonyl (C=O) groups excluding carboxylic acids is 3. The van der Waals surface area contributed by atoms with Crippen LogP contribution in [0.15, 0.2) is 0 Å². The lowest BCUT2D eigenvalue weighted by molar-refractivity contribution is -0.167. The molecular weight excluding hydrogens is 745 g/mol. The van der Waals surface area contributed by atoms with Gasteiger partial charge >= 0.3 is 17.9 Å². The summed E-state index contributed by atoms with van der Waals surface area (Å²) in [6.45, 7) is 13.7. The van der Waals surface area contributed by atoms with E-state index in [-0.39, 0.29) is 31.1 Å². The molecule has 0 aliphatic heterocycles. The zero-order valence-electron chi connectivity index (χ0n) is 41.3. The topological polar surface area (TPSA) is 78.9 Å². The van der Waals surface area contributed by atoms with Gasteiger partial charge in [-0.15, -0.1) is 0 Å². The quantitative estimate of drug-likeness (QED) is 0.0345. The van der Waals surface area contributed by atoms with Crippen molar-refractivity contribution in [2.75, 3.05) is 13.2 Å². The largest absolute Gasteiger partial charge is 0.462 e. The maximum atomic E-state index is 12.8. The first-order valence-corrected chi connectivity index (χ1v) is 26.6. The Hall–Kier alpha value is -1.59. The van der Waals surface area contributed by atoms with Crippen molar-refractivity contribution in [3.63, 3.8) is 0 Å². The van der Waals surface area contributed by atoms with E-state index in [2.05, 4.69) is 41.5 Å². The summed E-state index contributed by atoms with van der Waals surface area (Å²) in [5.41, 5.74) is 0. The SMILES string of the molecule is CCC(C)CCCCCCCCCCCCCCCCCCCCC(=O)O[C@H](COC(=O)CCCCCCCCCCC(C)C)COC(=O)CCCCCCCCC(C)C.